The van der Waals surface area contributed by atoms with Crippen molar-refractivity contribution in [3.05, 3.63) is 83.7 Å². The molecule has 0 saturated carbocycles. The van der Waals surface area contributed by atoms with Crippen LogP contribution in [-0.2, 0) is 16.0 Å². The van der Waals surface area contributed by atoms with Crippen molar-refractivity contribution in [1.82, 2.24) is 10.2 Å². The number of nitrogens with zero attached hydrogens (tertiary/aromatic N) is 3. The molecule has 0 spiro atoms. The number of para-hydroxylation sites is 2. The molecule has 0 bridgehead atoms. The van der Waals surface area contributed by atoms with Crippen molar-refractivity contribution < 1.29 is 23.5 Å². The standard InChI is InChI=1S/C33H40FN5O4/c1-42-31-6-3-2-5-30(31)39-17-15-38(16-18-39)29-12-11-27(36-32(40)23-25-7-9-26(34)10-8-25)24-28(29)33(41)35-13-4-14-37-19-21-43-22-20-37/h2-3,5-12,24H,4,13-23H2,1H3,(H,35,41)(H,36,40). The Labute approximate surface area is 252 Å². The zero-order valence-electron chi connectivity index (χ0n) is 24.7. The summed E-state index contributed by atoms with van der Waals surface area (Å²) in [5, 5.41) is 6.00. The lowest BCUT2D eigenvalue weighted by atomic mass is 10.1. The van der Waals surface area contributed by atoms with E-state index in [2.05, 4.69) is 31.4 Å². The van der Waals surface area contributed by atoms with Gasteiger partial charge in [0, 0.05) is 57.2 Å². The number of carbonyl (C=O) groups is 2. The van der Waals surface area contributed by atoms with Gasteiger partial charge < -0.3 is 29.9 Å². The first-order valence-electron chi connectivity index (χ1n) is 14.9. The van der Waals surface area contributed by atoms with Gasteiger partial charge in [0.15, 0.2) is 0 Å². The first-order valence-corrected chi connectivity index (χ1v) is 14.9. The van der Waals surface area contributed by atoms with E-state index in [4.69, 9.17) is 9.47 Å². The fourth-order valence-electron chi connectivity index (χ4n) is 5.57. The lowest BCUT2D eigenvalue weighted by Gasteiger charge is -2.38. The highest BCUT2D eigenvalue weighted by Gasteiger charge is 2.24. The first-order chi connectivity index (χ1) is 21.0. The van der Waals surface area contributed by atoms with Gasteiger partial charge in [0.1, 0.15) is 11.6 Å². The number of nitrogens with one attached hydrogen (secondary N) is 2. The highest BCUT2D eigenvalue weighted by atomic mass is 19.1. The smallest absolute Gasteiger partial charge is 0.253 e. The predicted octanol–water partition coefficient (Wildman–Crippen LogP) is 3.79. The molecule has 0 aromatic heterocycles. The van der Waals surface area contributed by atoms with Gasteiger partial charge in [0.25, 0.3) is 5.91 Å². The molecule has 2 fully saturated rings. The number of benzene rings is 3. The molecule has 2 heterocycles. The van der Waals surface area contributed by atoms with Gasteiger partial charge in [0.05, 0.1) is 38.0 Å². The normalized spacial score (nSPS) is 15.7. The molecule has 228 valence electrons. The largest absolute Gasteiger partial charge is 0.495 e. The molecule has 2 saturated heterocycles. The van der Waals surface area contributed by atoms with E-state index in [0.29, 0.717) is 23.4 Å². The van der Waals surface area contributed by atoms with Crippen LogP contribution in [0, 0.1) is 5.82 Å². The fourth-order valence-corrected chi connectivity index (χ4v) is 5.57. The molecular formula is C33H40FN5O4. The van der Waals surface area contributed by atoms with Crippen LogP contribution in [0.5, 0.6) is 5.75 Å². The third kappa shape index (κ3) is 8.24. The monoisotopic (exact) mass is 589 g/mol. The average molecular weight is 590 g/mol. The lowest BCUT2D eigenvalue weighted by Crippen LogP contribution is -2.47. The van der Waals surface area contributed by atoms with Gasteiger partial charge in [-0.15, -0.1) is 0 Å². The van der Waals surface area contributed by atoms with Crippen LogP contribution in [0.2, 0.25) is 0 Å². The number of morpholine rings is 1. The van der Waals surface area contributed by atoms with Crippen molar-refractivity contribution >= 4 is 28.9 Å². The SMILES string of the molecule is COc1ccccc1N1CCN(c2ccc(NC(=O)Cc3ccc(F)cc3)cc2C(=O)NCCCN2CCOCC2)CC1. The van der Waals surface area contributed by atoms with Gasteiger partial charge in [-0.2, -0.15) is 0 Å². The number of rotatable bonds is 11. The topological polar surface area (TPSA) is 86.4 Å². The van der Waals surface area contributed by atoms with E-state index in [1.807, 2.05) is 30.3 Å². The Balaban J connectivity index is 1.27. The molecule has 0 radical (unpaired) electrons. The lowest BCUT2D eigenvalue weighted by molar-refractivity contribution is -0.115. The Morgan fingerprint density at radius 2 is 1.58 bits per heavy atom. The van der Waals surface area contributed by atoms with Crippen molar-refractivity contribution in [3.8, 4) is 5.75 Å². The number of ether oxygens (including phenoxy) is 2. The molecule has 9 nitrogen and oxygen atoms in total. The third-order valence-corrected chi connectivity index (χ3v) is 7.89. The molecule has 3 aromatic carbocycles. The van der Waals surface area contributed by atoms with Crippen LogP contribution in [0.4, 0.5) is 21.5 Å². The summed E-state index contributed by atoms with van der Waals surface area (Å²) in [6.07, 6.45) is 0.947. The van der Waals surface area contributed by atoms with Crippen LogP contribution in [0.25, 0.3) is 0 Å². The van der Waals surface area contributed by atoms with E-state index in [9.17, 15) is 14.0 Å². The number of hydrogen-bond acceptors (Lipinski definition) is 7. The molecule has 43 heavy (non-hydrogen) atoms. The van der Waals surface area contributed by atoms with E-state index < -0.39 is 0 Å². The van der Waals surface area contributed by atoms with E-state index in [0.717, 1.165) is 82.6 Å². The minimum Gasteiger partial charge on any atom is -0.495 e. The number of amides is 2. The van der Waals surface area contributed by atoms with Crippen LogP contribution >= 0.6 is 0 Å². The second-order valence-electron chi connectivity index (χ2n) is 10.8. The Morgan fingerprint density at radius 1 is 0.884 bits per heavy atom. The van der Waals surface area contributed by atoms with Crippen LogP contribution in [0.15, 0.2) is 66.7 Å². The van der Waals surface area contributed by atoms with Crippen LogP contribution in [-0.4, -0.2) is 89.4 Å². The number of anilines is 3. The van der Waals surface area contributed by atoms with Gasteiger partial charge in [-0.1, -0.05) is 24.3 Å². The maximum Gasteiger partial charge on any atom is 0.253 e. The minimum absolute atomic E-state index is 0.107. The maximum absolute atomic E-state index is 13.5. The van der Waals surface area contributed by atoms with Crippen molar-refractivity contribution in [2.45, 2.75) is 12.8 Å². The van der Waals surface area contributed by atoms with Crippen molar-refractivity contribution in [3.63, 3.8) is 0 Å². The fraction of sp³-hybridized carbons (Fsp3) is 0.394. The Morgan fingerprint density at radius 3 is 2.30 bits per heavy atom. The molecule has 2 N–H and O–H groups in total. The summed E-state index contributed by atoms with van der Waals surface area (Å²) in [5.41, 5.74) is 3.67. The highest BCUT2D eigenvalue weighted by molar-refractivity contribution is 6.02. The summed E-state index contributed by atoms with van der Waals surface area (Å²) < 4.78 is 24.3. The predicted molar refractivity (Wildman–Crippen MR) is 167 cm³/mol. The Hall–Kier alpha value is -4.15. The van der Waals surface area contributed by atoms with Crippen molar-refractivity contribution in [1.29, 1.82) is 0 Å². The van der Waals surface area contributed by atoms with Crippen LogP contribution in [0.3, 0.4) is 0 Å². The minimum atomic E-state index is -0.343. The molecular weight excluding hydrogens is 549 g/mol. The average Bonchev–Trinajstić information content (AvgIpc) is 3.04. The number of halogens is 1. The summed E-state index contributed by atoms with van der Waals surface area (Å²) in [5.74, 6) is 0.0957. The molecule has 5 rings (SSSR count). The number of methoxy groups -OCH3 is 1. The van der Waals surface area contributed by atoms with E-state index in [1.165, 1.54) is 12.1 Å². The van der Waals surface area contributed by atoms with E-state index in [-0.39, 0.29) is 24.1 Å². The van der Waals surface area contributed by atoms with Crippen molar-refractivity contribution in [2.75, 3.05) is 87.8 Å². The highest BCUT2D eigenvalue weighted by Crippen LogP contribution is 2.31. The molecule has 0 atom stereocenters. The maximum atomic E-state index is 13.5. The summed E-state index contributed by atoms with van der Waals surface area (Å²) in [6.45, 7) is 7.79. The molecule has 10 heteroatoms. The zero-order valence-corrected chi connectivity index (χ0v) is 24.7. The summed E-state index contributed by atoms with van der Waals surface area (Å²) >= 11 is 0. The van der Waals surface area contributed by atoms with Crippen molar-refractivity contribution in [2.24, 2.45) is 0 Å². The first kappa shape index (κ1) is 30.3. The Bertz CT molecular complexity index is 1370. The Kier molecular flexibility index (Phi) is 10.5. The summed E-state index contributed by atoms with van der Waals surface area (Å²) in [7, 11) is 1.68. The quantitative estimate of drug-likeness (QED) is 0.329. The molecule has 2 aliphatic heterocycles. The summed E-state index contributed by atoms with van der Waals surface area (Å²) in [6, 6.07) is 19.4. The van der Waals surface area contributed by atoms with Crippen LogP contribution < -0.4 is 25.2 Å². The second-order valence-corrected chi connectivity index (χ2v) is 10.8. The zero-order chi connectivity index (χ0) is 30.0. The molecule has 0 aliphatic carbocycles. The number of piperazine rings is 1. The number of hydrogen-bond donors (Lipinski definition) is 2. The number of carbonyl (C=O) groups excluding carboxylic acids is 2. The van der Waals surface area contributed by atoms with E-state index >= 15 is 0 Å². The van der Waals surface area contributed by atoms with Gasteiger partial charge in [-0.3, -0.25) is 14.5 Å². The van der Waals surface area contributed by atoms with Crippen LogP contribution in [0.1, 0.15) is 22.3 Å². The van der Waals surface area contributed by atoms with Gasteiger partial charge in [-0.25, -0.2) is 4.39 Å². The molecule has 2 amide bonds. The molecule has 2 aliphatic rings. The third-order valence-electron chi connectivity index (χ3n) is 7.89. The van der Waals surface area contributed by atoms with Gasteiger partial charge in [-0.05, 0) is 61.0 Å². The van der Waals surface area contributed by atoms with Gasteiger partial charge >= 0.3 is 0 Å². The van der Waals surface area contributed by atoms with Gasteiger partial charge in [0.2, 0.25) is 5.91 Å². The van der Waals surface area contributed by atoms with E-state index in [1.54, 1.807) is 25.3 Å². The summed E-state index contributed by atoms with van der Waals surface area (Å²) in [4.78, 5) is 33.2. The molecule has 3 aromatic rings. The second kappa shape index (κ2) is 14.8. The molecule has 0 unspecified atom stereocenters.